The van der Waals surface area contributed by atoms with Gasteiger partial charge in [0.25, 0.3) is 0 Å². The van der Waals surface area contributed by atoms with Crippen LogP contribution < -0.4 is 5.32 Å². The van der Waals surface area contributed by atoms with Crippen molar-refractivity contribution in [1.29, 1.82) is 0 Å². The Morgan fingerprint density at radius 3 is 2.50 bits per heavy atom. The number of carboxylic acids is 1. The predicted octanol–water partition coefficient (Wildman–Crippen LogP) is 1.94. The summed E-state index contributed by atoms with van der Waals surface area (Å²) in [6, 6.07) is 1.09. The van der Waals surface area contributed by atoms with Crippen LogP contribution in [0.15, 0.2) is 11.6 Å². The molecule has 3 heteroatoms. The zero-order valence-electron chi connectivity index (χ0n) is 8.92. The molecule has 0 heterocycles. The Bertz CT molecular complexity index is 223. The molecule has 1 rings (SSSR count). The van der Waals surface area contributed by atoms with Crippen LogP contribution in [0.25, 0.3) is 0 Å². The predicted molar refractivity (Wildman–Crippen MR) is 56.2 cm³/mol. The van der Waals surface area contributed by atoms with E-state index in [0.717, 1.165) is 31.3 Å². The van der Waals surface area contributed by atoms with E-state index in [-0.39, 0.29) is 0 Å². The third kappa shape index (κ3) is 3.92. The van der Waals surface area contributed by atoms with E-state index in [1.54, 1.807) is 0 Å². The largest absolute Gasteiger partial charge is 0.478 e. The molecule has 0 aromatic heterocycles. The number of hydrogen-bond acceptors (Lipinski definition) is 2. The first-order valence-electron chi connectivity index (χ1n) is 5.26. The number of nitrogens with one attached hydrogen (secondary N) is 1. The van der Waals surface area contributed by atoms with Gasteiger partial charge in [0.1, 0.15) is 0 Å². The number of carbonyl (C=O) groups is 1. The highest BCUT2D eigenvalue weighted by Gasteiger charge is 2.17. The van der Waals surface area contributed by atoms with Gasteiger partial charge in [-0.2, -0.15) is 0 Å². The summed E-state index contributed by atoms with van der Waals surface area (Å²) in [5.74, 6) is -0.810. The van der Waals surface area contributed by atoms with Crippen molar-refractivity contribution in [3.05, 3.63) is 11.6 Å². The van der Waals surface area contributed by atoms with Crippen molar-refractivity contribution in [2.24, 2.45) is 0 Å². The molecule has 2 N–H and O–H groups in total. The van der Waals surface area contributed by atoms with Crippen molar-refractivity contribution >= 4 is 5.97 Å². The lowest BCUT2D eigenvalue weighted by molar-refractivity contribution is -0.131. The number of rotatable bonds is 3. The lowest BCUT2D eigenvalue weighted by Gasteiger charge is -2.26. The molecule has 1 aliphatic carbocycles. The molecule has 0 aromatic carbocycles. The summed E-state index contributed by atoms with van der Waals surface area (Å²) in [4.78, 5) is 10.4. The number of aliphatic carboxylic acids is 1. The maximum absolute atomic E-state index is 10.4. The number of allylic oxidation sites excluding steroid dienone is 1. The maximum atomic E-state index is 10.4. The average Bonchev–Trinajstić information content (AvgIpc) is 2.06. The van der Waals surface area contributed by atoms with Crippen LogP contribution in [-0.2, 0) is 4.79 Å². The summed E-state index contributed by atoms with van der Waals surface area (Å²) >= 11 is 0. The van der Waals surface area contributed by atoms with E-state index in [4.69, 9.17) is 5.11 Å². The SMILES string of the molecule is CC(C)NC1CCC(=CC(=O)O)CC1. The fourth-order valence-corrected chi connectivity index (χ4v) is 1.95. The first-order valence-corrected chi connectivity index (χ1v) is 5.26. The number of carboxylic acid groups (broad SMARTS) is 1. The molecule has 0 atom stereocenters. The topological polar surface area (TPSA) is 49.3 Å². The monoisotopic (exact) mass is 197 g/mol. The second-order valence-electron chi connectivity index (χ2n) is 4.24. The van der Waals surface area contributed by atoms with Gasteiger partial charge in [0.15, 0.2) is 0 Å². The van der Waals surface area contributed by atoms with Crippen molar-refractivity contribution in [2.45, 2.75) is 51.6 Å². The lowest BCUT2D eigenvalue weighted by atomic mass is 9.90. The third-order valence-electron chi connectivity index (χ3n) is 2.52. The standard InChI is InChI=1S/C11H19NO2/c1-8(2)12-10-5-3-9(4-6-10)7-11(13)14/h7-8,10,12H,3-6H2,1-2H3,(H,13,14). The van der Waals surface area contributed by atoms with Crippen molar-refractivity contribution in [2.75, 3.05) is 0 Å². The van der Waals surface area contributed by atoms with Gasteiger partial charge >= 0.3 is 5.97 Å². The zero-order valence-corrected chi connectivity index (χ0v) is 8.92. The quantitative estimate of drug-likeness (QED) is 0.680. The minimum atomic E-state index is -0.810. The number of hydrogen-bond donors (Lipinski definition) is 2. The first kappa shape index (κ1) is 11.2. The minimum absolute atomic E-state index is 0.519. The van der Waals surface area contributed by atoms with Gasteiger partial charge in [-0.1, -0.05) is 19.4 Å². The van der Waals surface area contributed by atoms with Crippen LogP contribution >= 0.6 is 0 Å². The normalized spacial score (nSPS) is 22.5. The molecule has 80 valence electrons. The molecule has 3 nitrogen and oxygen atoms in total. The van der Waals surface area contributed by atoms with Crippen LogP contribution in [0.1, 0.15) is 39.5 Å². The van der Waals surface area contributed by atoms with Gasteiger partial charge < -0.3 is 10.4 Å². The molecule has 0 unspecified atom stereocenters. The van der Waals surface area contributed by atoms with E-state index in [9.17, 15) is 4.79 Å². The molecule has 1 fully saturated rings. The lowest BCUT2D eigenvalue weighted by Crippen LogP contribution is -2.36. The van der Waals surface area contributed by atoms with Crippen LogP contribution in [0.5, 0.6) is 0 Å². The van der Waals surface area contributed by atoms with Gasteiger partial charge in [0.2, 0.25) is 0 Å². The van der Waals surface area contributed by atoms with Crippen LogP contribution in [-0.4, -0.2) is 23.2 Å². The van der Waals surface area contributed by atoms with Gasteiger partial charge in [0, 0.05) is 18.2 Å². The van der Waals surface area contributed by atoms with E-state index in [2.05, 4.69) is 19.2 Å². The van der Waals surface area contributed by atoms with Crippen LogP contribution in [0, 0.1) is 0 Å². The third-order valence-corrected chi connectivity index (χ3v) is 2.52. The molecule has 0 aliphatic heterocycles. The molecule has 0 aromatic rings. The molecule has 14 heavy (non-hydrogen) atoms. The molecule has 0 spiro atoms. The Hall–Kier alpha value is -0.830. The first-order chi connectivity index (χ1) is 6.58. The molecular formula is C11H19NO2. The smallest absolute Gasteiger partial charge is 0.328 e. The second kappa shape index (κ2) is 5.15. The summed E-state index contributed by atoms with van der Waals surface area (Å²) in [6.07, 6.45) is 5.35. The summed E-state index contributed by atoms with van der Waals surface area (Å²) in [7, 11) is 0. The Morgan fingerprint density at radius 1 is 1.50 bits per heavy atom. The van der Waals surface area contributed by atoms with Crippen LogP contribution in [0.4, 0.5) is 0 Å². The van der Waals surface area contributed by atoms with Crippen LogP contribution in [0.3, 0.4) is 0 Å². The molecule has 0 radical (unpaired) electrons. The summed E-state index contributed by atoms with van der Waals surface area (Å²) in [5, 5.41) is 12.1. The molecule has 1 aliphatic rings. The Labute approximate surface area is 85.2 Å². The summed E-state index contributed by atoms with van der Waals surface area (Å²) in [5.41, 5.74) is 1.08. The summed E-state index contributed by atoms with van der Waals surface area (Å²) in [6.45, 7) is 4.28. The molecule has 0 bridgehead atoms. The molecule has 0 amide bonds. The Balaban J connectivity index is 2.35. The van der Waals surface area contributed by atoms with E-state index < -0.39 is 5.97 Å². The molecule has 1 saturated carbocycles. The van der Waals surface area contributed by atoms with Crippen molar-refractivity contribution in [3.63, 3.8) is 0 Å². The second-order valence-corrected chi connectivity index (χ2v) is 4.24. The van der Waals surface area contributed by atoms with Crippen LogP contribution in [0.2, 0.25) is 0 Å². The van der Waals surface area contributed by atoms with E-state index in [1.807, 2.05) is 0 Å². The van der Waals surface area contributed by atoms with Gasteiger partial charge in [-0.15, -0.1) is 0 Å². The fourth-order valence-electron chi connectivity index (χ4n) is 1.95. The Morgan fingerprint density at radius 2 is 2.07 bits per heavy atom. The minimum Gasteiger partial charge on any atom is -0.478 e. The van der Waals surface area contributed by atoms with Gasteiger partial charge in [-0.25, -0.2) is 4.79 Å². The molecule has 0 saturated heterocycles. The van der Waals surface area contributed by atoms with Gasteiger partial charge in [-0.05, 0) is 25.7 Å². The van der Waals surface area contributed by atoms with Gasteiger partial charge in [0.05, 0.1) is 0 Å². The van der Waals surface area contributed by atoms with E-state index in [1.165, 1.54) is 6.08 Å². The Kier molecular flexibility index (Phi) is 4.14. The van der Waals surface area contributed by atoms with E-state index >= 15 is 0 Å². The van der Waals surface area contributed by atoms with Crippen molar-refractivity contribution in [3.8, 4) is 0 Å². The van der Waals surface area contributed by atoms with Crippen molar-refractivity contribution in [1.82, 2.24) is 5.32 Å². The molecular weight excluding hydrogens is 178 g/mol. The van der Waals surface area contributed by atoms with E-state index in [0.29, 0.717) is 12.1 Å². The van der Waals surface area contributed by atoms with Crippen molar-refractivity contribution < 1.29 is 9.90 Å². The van der Waals surface area contributed by atoms with Gasteiger partial charge in [-0.3, -0.25) is 0 Å². The maximum Gasteiger partial charge on any atom is 0.328 e. The highest BCUT2D eigenvalue weighted by Crippen LogP contribution is 2.23. The fraction of sp³-hybridized carbons (Fsp3) is 0.727. The zero-order chi connectivity index (χ0) is 10.6. The highest BCUT2D eigenvalue weighted by molar-refractivity contribution is 5.80. The summed E-state index contributed by atoms with van der Waals surface area (Å²) < 4.78 is 0. The highest BCUT2D eigenvalue weighted by atomic mass is 16.4. The average molecular weight is 197 g/mol.